The summed E-state index contributed by atoms with van der Waals surface area (Å²) in [4.78, 5) is 16.5. The molecule has 2 aliphatic heterocycles. The number of likely N-dealkylation sites (tertiary alicyclic amines) is 1. The molecule has 3 fully saturated rings. The number of halogens is 1. The number of aliphatic imine (C=N–C) groups is 1. The van der Waals surface area contributed by atoms with Crippen molar-refractivity contribution in [3.8, 4) is 0 Å². The maximum absolute atomic E-state index is 4.71. The quantitative estimate of drug-likeness (QED) is 0.383. The van der Waals surface area contributed by atoms with Crippen molar-refractivity contribution in [1.29, 1.82) is 0 Å². The van der Waals surface area contributed by atoms with E-state index in [0.29, 0.717) is 5.41 Å². The van der Waals surface area contributed by atoms with Crippen molar-refractivity contribution in [3.05, 3.63) is 23.9 Å². The van der Waals surface area contributed by atoms with Crippen molar-refractivity contribution < 1.29 is 0 Å². The van der Waals surface area contributed by atoms with Gasteiger partial charge in [-0.15, -0.1) is 24.0 Å². The summed E-state index contributed by atoms with van der Waals surface area (Å²) < 4.78 is 0. The predicted molar refractivity (Wildman–Crippen MR) is 131 cm³/mol. The molecule has 1 spiro atoms. The molecule has 0 bridgehead atoms. The van der Waals surface area contributed by atoms with Crippen LogP contribution in [0.5, 0.6) is 0 Å². The molecule has 1 aromatic heterocycles. The van der Waals surface area contributed by atoms with Gasteiger partial charge in [-0.1, -0.05) is 25.3 Å². The van der Waals surface area contributed by atoms with Gasteiger partial charge in [0.1, 0.15) is 5.82 Å². The molecule has 0 aromatic carbocycles. The fraction of sp³-hybridized carbons (Fsp3) is 0.727. The van der Waals surface area contributed by atoms with E-state index >= 15 is 0 Å². The lowest BCUT2D eigenvalue weighted by molar-refractivity contribution is 0.203. The van der Waals surface area contributed by atoms with E-state index in [9.17, 15) is 0 Å². The normalized spacial score (nSPS) is 22.6. The Labute approximate surface area is 193 Å². The highest BCUT2D eigenvalue weighted by Crippen LogP contribution is 2.43. The van der Waals surface area contributed by atoms with Crippen LogP contribution in [0.1, 0.15) is 44.1 Å². The lowest BCUT2D eigenvalue weighted by atomic mass is 9.73. The summed E-state index contributed by atoms with van der Waals surface area (Å²) in [5.74, 6) is 2.14. The Morgan fingerprint density at radius 3 is 2.48 bits per heavy atom. The minimum absolute atomic E-state index is 0. The Balaban J connectivity index is 0.00000240. The lowest BCUT2D eigenvalue weighted by Gasteiger charge is -2.33. The number of anilines is 1. The number of hydrogen-bond acceptors (Lipinski definition) is 4. The van der Waals surface area contributed by atoms with Crippen LogP contribution in [0.15, 0.2) is 23.3 Å². The molecule has 29 heavy (non-hydrogen) atoms. The molecule has 1 aromatic rings. The molecule has 4 rings (SSSR count). The summed E-state index contributed by atoms with van der Waals surface area (Å²) in [5, 5.41) is 3.57. The Morgan fingerprint density at radius 2 is 1.83 bits per heavy atom. The third kappa shape index (κ3) is 5.54. The molecule has 0 unspecified atom stereocenters. The van der Waals surface area contributed by atoms with Gasteiger partial charge in [0.15, 0.2) is 5.96 Å². The van der Waals surface area contributed by atoms with Crippen LogP contribution in [-0.2, 0) is 6.54 Å². The minimum Gasteiger partial charge on any atom is -0.354 e. The van der Waals surface area contributed by atoms with Crippen molar-refractivity contribution >= 4 is 35.8 Å². The largest absolute Gasteiger partial charge is 0.354 e. The summed E-state index contributed by atoms with van der Waals surface area (Å²) in [6.45, 7) is 7.44. The standard InChI is InChI=1S/C22H36N6.HI/c1-23-21(28-11-10-22(18-28)8-4-3-5-9-22)25-17-19-6-7-20(24-16-19)27-14-12-26(2)13-15-27;/h6-7,16H,3-5,8-15,17-18H2,1-2H3,(H,23,25);1H. The highest BCUT2D eigenvalue weighted by atomic mass is 127. The van der Waals surface area contributed by atoms with Crippen LogP contribution >= 0.6 is 24.0 Å². The lowest BCUT2D eigenvalue weighted by Crippen LogP contribution is -2.44. The predicted octanol–water partition coefficient (Wildman–Crippen LogP) is 3.18. The molecular formula is C22H37IN6. The van der Waals surface area contributed by atoms with E-state index in [4.69, 9.17) is 4.98 Å². The number of hydrogen-bond donors (Lipinski definition) is 1. The summed E-state index contributed by atoms with van der Waals surface area (Å²) in [6, 6.07) is 4.37. The summed E-state index contributed by atoms with van der Waals surface area (Å²) in [5.41, 5.74) is 1.77. The van der Waals surface area contributed by atoms with Crippen LogP contribution in [-0.4, -0.2) is 74.1 Å². The fourth-order valence-electron chi connectivity index (χ4n) is 5.08. The topological polar surface area (TPSA) is 47.0 Å². The van der Waals surface area contributed by atoms with Gasteiger partial charge in [-0.3, -0.25) is 4.99 Å². The van der Waals surface area contributed by atoms with E-state index < -0.39 is 0 Å². The Kier molecular flexibility index (Phi) is 8.01. The van der Waals surface area contributed by atoms with E-state index in [2.05, 4.69) is 44.2 Å². The van der Waals surface area contributed by atoms with Crippen molar-refractivity contribution in [2.45, 2.75) is 45.1 Å². The number of rotatable bonds is 3. The van der Waals surface area contributed by atoms with Crippen molar-refractivity contribution in [1.82, 2.24) is 20.1 Å². The molecule has 1 saturated carbocycles. The summed E-state index contributed by atoms with van der Waals surface area (Å²) in [7, 11) is 4.09. The third-order valence-corrected chi connectivity index (χ3v) is 6.95. The maximum atomic E-state index is 4.71. The second-order valence-electron chi connectivity index (χ2n) is 8.95. The summed E-state index contributed by atoms with van der Waals surface area (Å²) >= 11 is 0. The summed E-state index contributed by atoms with van der Waals surface area (Å²) in [6.07, 6.45) is 10.4. The van der Waals surface area contributed by atoms with Gasteiger partial charge in [0.2, 0.25) is 0 Å². The van der Waals surface area contributed by atoms with Gasteiger partial charge in [0, 0.05) is 59.1 Å². The van der Waals surface area contributed by atoms with Gasteiger partial charge in [-0.05, 0) is 43.4 Å². The van der Waals surface area contributed by atoms with Gasteiger partial charge in [-0.2, -0.15) is 0 Å². The Bertz CT molecular complexity index is 662. The van der Waals surface area contributed by atoms with E-state index in [-0.39, 0.29) is 24.0 Å². The zero-order chi connectivity index (χ0) is 19.4. The molecule has 0 radical (unpaired) electrons. The Morgan fingerprint density at radius 1 is 1.07 bits per heavy atom. The zero-order valence-electron chi connectivity index (χ0n) is 18.1. The van der Waals surface area contributed by atoms with Crippen LogP contribution in [0.3, 0.4) is 0 Å². The number of guanidine groups is 1. The van der Waals surface area contributed by atoms with Crippen LogP contribution < -0.4 is 10.2 Å². The van der Waals surface area contributed by atoms with E-state index in [1.807, 2.05) is 13.2 Å². The maximum Gasteiger partial charge on any atom is 0.193 e. The number of pyridine rings is 1. The van der Waals surface area contributed by atoms with Gasteiger partial charge >= 0.3 is 0 Å². The van der Waals surface area contributed by atoms with Crippen LogP contribution in [0.2, 0.25) is 0 Å². The van der Waals surface area contributed by atoms with Gasteiger partial charge < -0.3 is 20.0 Å². The minimum atomic E-state index is 0. The first-order valence-electron chi connectivity index (χ1n) is 11.0. The molecule has 3 aliphatic rings. The molecule has 6 nitrogen and oxygen atoms in total. The van der Waals surface area contributed by atoms with Gasteiger partial charge in [-0.25, -0.2) is 4.98 Å². The SMILES string of the molecule is CN=C(NCc1ccc(N2CCN(C)CC2)nc1)N1CCC2(CCCCC2)C1.I. The molecular weight excluding hydrogens is 475 g/mol. The Hall–Kier alpha value is -1.09. The first kappa shape index (κ1) is 22.6. The number of nitrogens with zero attached hydrogens (tertiary/aromatic N) is 5. The number of aromatic nitrogens is 1. The number of nitrogens with one attached hydrogen (secondary N) is 1. The number of piperazine rings is 1. The second-order valence-corrected chi connectivity index (χ2v) is 8.95. The van der Waals surface area contributed by atoms with E-state index in [1.165, 1.54) is 50.6 Å². The van der Waals surface area contributed by atoms with Crippen molar-refractivity contribution in [2.24, 2.45) is 10.4 Å². The molecule has 1 aliphatic carbocycles. The van der Waals surface area contributed by atoms with E-state index in [1.54, 1.807) is 0 Å². The van der Waals surface area contributed by atoms with Gasteiger partial charge in [0.25, 0.3) is 0 Å². The molecule has 2 saturated heterocycles. The van der Waals surface area contributed by atoms with Crippen molar-refractivity contribution in [3.63, 3.8) is 0 Å². The average Bonchev–Trinajstić information content (AvgIpc) is 3.13. The van der Waals surface area contributed by atoms with Crippen LogP contribution in [0.25, 0.3) is 0 Å². The van der Waals surface area contributed by atoms with Crippen molar-refractivity contribution in [2.75, 3.05) is 58.3 Å². The molecule has 7 heteroatoms. The van der Waals surface area contributed by atoms with Gasteiger partial charge in [0.05, 0.1) is 0 Å². The number of likely N-dealkylation sites (N-methyl/N-ethyl adjacent to an activating group) is 1. The first-order chi connectivity index (χ1) is 13.7. The molecule has 0 atom stereocenters. The monoisotopic (exact) mass is 512 g/mol. The smallest absolute Gasteiger partial charge is 0.193 e. The molecule has 1 N–H and O–H groups in total. The van der Waals surface area contributed by atoms with E-state index in [0.717, 1.165) is 51.0 Å². The molecule has 162 valence electrons. The van der Waals surface area contributed by atoms with Crippen LogP contribution in [0.4, 0.5) is 5.82 Å². The zero-order valence-corrected chi connectivity index (χ0v) is 20.4. The second kappa shape index (κ2) is 10.3. The molecule has 0 amide bonds. The third-order valence-electron chi connectivity index (χ3n) is 6.95. The molecule has 3 heterocycles. The fourth-order valence-corrected chi connectivity index (χ4v) is 5.08. The highest BCUT2D eigenvalue weighted by Gasteiger charge is 2.39. The first-order valence-corrected chi connectivity index (χ1v) is 11.0. The highest BCUT2D eigenvalue weighted by molar-refractivity contribution is 14.0. The average molecular weight is 512 g/mol. The van der Waals surface area contributed by atoms with Crippen LogP contribution in [0, 0.1) is 5.41 Å².